The van der Waals surface area contributed by atoms with Gasteiger partial charge in [0.05, 0.1) is 12.7 Å². The average Bonchev–Trinajstić information content (AvgIpc) is 2.71. The molecular weight excluding hydrogens is 269 g/mol. The number of hydrogen-bond acceptors (Lipinski definition) is 3. The molecule has 1 aliphatic rings. The van der Waals surface area contributed by atoms with Gasteiger partial charge in [-0.3, -0.25) is 4.90 Å². The van der Waals surface area contributed by atoms with Gasteiger partial charge in [-0.05, 0) is 42.5 Å². The highest BCUT2D eigenvalue weighted by Crippen LogP contribution is 2.31. The number of rotatable bonds is 5. The zero-order valence-corrected chi connectivity index (χ0v) is 13.4. The SMILES string of the molecule is CCOc1cc(C)c(CN2C[C@@H](O)[C@H](F)C2)cc1C(C)C. The monoisotopic (exact) mass is 295 g/mol. The molecule has 3 nitrogen and oxygen atoms in total. The summed E-state index contributed by atoms with van der Waals surface area (Å²) in [5.74, 6) is 1.32. The Morgan fingerprint density at radius 3 is 2.62 bits per heavy atom. The van der Waals surface area contributed by atoms with E-state index < -0.39 is 12.3 Å². The quantitative estimate of drug-likeness (QED) is 0.906. The number of aliphatic hydroxyl groups is 1. The third-order valence-corrected chi connectivity index (χ3v) is 4.08. The number of likely N-dealkylation sites (tertiary alicyclic amines) is 1. The van der Waals surface area contributed by atoms with E-state index >= 15 is 0 Å². The zero-order chi connectivity index (χ0) is 15.6. The Hall–Kier alpha value is -1.13. The van der Waals surface area contributed by atoms with E-state index in [2.05, 4.69) is 32.9 Å². The molecule has 21 heavy (non-hydrogen) atoms. The standard InChI is InChI=1S/C17H26FNO2/c1-5-21-17-6-12(4)13(7-14(17)11(2)3)8-19-9-15(18)16(20)10-19/h6-7,11,15-16,20H,5,8-10H2,1-4H3/t15-,16-/m1/s1. The fourth-order valence-corrected chi connectivity index (χ4v) is 2.84. The molecule has 118 valence electrons. The van der Waals surface area contributed by atoms with Gasteiger partial charge in [-0.25, -0.2) is 4.39 Å². The molecule has 0 bridgehead atoms. The van der Waals surface area contributed by atoms with Crippen molar-refractivity contribution in [3.05, 3.63) is 28.8 Å². The first kappa shape index (κ1) is 16.2. The highest BCUT2D eigenvalue weighted by atomic mass is 19.1. The molecule has 0 aliphatic carbocycles. The number of hydrogen-bond donors (Lipinski definition) is 1. The maximum Gasteiger partial charge on any atom is 0.140 e. The van der Waals surface area contributed by atoms with Crippen LogP contribution in [0.3, 0.4) is 0 Å². The number of aliphatic hydroxyl groups excluding tert-OH is 1. The topological polar surface area (TPSA) is 32.7 Å². The van der Waals surface area contributed by atoms with E-state index in [0.29, 0.717) is 32.2 Å². The van der Waals surface area contributed by atoms with Crippen molar-refractivity contribution in [3.63, 3.8) is 0 Å². The molecule has 0 aromatic heterocycles. The third kappa shape index (κ3) is 3.74. The second-order valence-corrected chi connectivity index (χ2v) is 6.18. The van der Waals surface area contributed by atoms with Crippen LogP contribution < -0.4 is 4.74 Å². The maximum atomic E-state index is 13.4. The van der Waals surface area contributed by atoms with Crippen LogP contribution in [-0.4, -0.2) is 42.0 Å². The first-order valence-electron chi connectivity index (χ1n) is 7.73. The highest BCUT2D eigenvalue weighted by molar-refractivity contribution is 5.44. The van der Waals surface area contributed by atoms with Crippen molar-refractivity contribution in [2.75, 3.05) is 19.7 Å². The molecule has 0 unspecified atom stereocenters. The molecule has 1 N–H and O–H groups in total. The molecule has 1 fully saturated rings. The van der Waals surface area contributed by atoms with Crippen LogP contribution in [0.5, 0.6) is 5.75 Å². The van der Waals surface area contributed by atoms with Crippen LogP contribution in [0, 0.1) is 6.92 Å². The molecule has 2 atom stereocenters. The van der Waals surface area contributed by atoms with E-state index in [-0.39, 0.29) is 0 Å². The van der Waals surface area contributed by atoms with Crippen LogP contribution in [0.2, 0.25) is 0 Å². The lowest BCUT2D eigenvalue weighted by Gasteiger charge is -2.20. The first-order chi connectivity index (χ1) is 9.92. The van der Waals surface area contributed by atoms with E-state index in [9.17, 15) is 9.50 Å². The molecular formula is C17H26FNO2. The lowest BCUT2D eigenvalue weighted by Crippen LogP contribution is -2.22. The molecule has 1 aliphatic heterocycles. The normalized spacial score (nSPS) is 23.0. The maximum absolute atomic E-state index is 13.4. The molecule has 2 rings (SSSR count). The number of nitrogens with zero attached hydrogens (tertiary/aromatic N) is 1. The molecule has 0 spiro atoms. The van der Waals surface area contributed by atoms with Crippen molar-refractivity contribution in [1.29, 1.82) is 0 Å². The summed E-state index contributed by atoms with van der Waals surface area (Å²) >= 11 is 0. The Morgan fingerprint density at radius 2 is 2.10 bits per heavy atom. The number of halogens is 1. The molecule has 1 saturated heterocycles. The van der Waals surface area contributed by atoms with Crippen LogP contribution in [-0.2, 0) is 6.54 Å². The van der Waals surface area contributed by atoms with Crippen molar-refractivity contribution in [3.8, 4) is 5.75 Å². The van der Waals surface area contributed by atoms with Crippen molar-refractivity contribution in [1.82, 2.24) is 4.90 Å². The fraction of sp³-hybridized carbons (Fsp3) is 0.647. The van der Waals surface area contributed by atoms with Gasteiger partial charge in [0.15, 0.2) is 0 Å². The summed E-state index contributed by atoms with van der Waals surface area (Å²) in [6, 6.07) is 4.25. The summed E-state index contributed by atoms with van der Waals surface area (Å²) in [5, 5.41) is 9.54. The van der Waals surface area contributed by atoms with E-state index in [0.717, 1.165) is 11.3 Å². The van der Waals surface area contributed by atoms with Crippen molar-refractivity contribution < 1.29 is 14.2 Å². The van der Waals surface area contributed by atoms with Crippen molar-refractivity contribution in [2.24, 2.45) is 0 Å². The van der Waals surface area contributed by atoms with Gasteiger partial charge < -0.3 is 9.84 Å². The molecule has 0 amide bonds. The van der Waals surface area contributed by atoms with Gasteiger partial charge in [0.2, 0.25) is 0 Å². The van der Waals surface area contributed by atoms with Gasteiger partial charge >= 0.3 is 0 Å². The Kier molecular flexibility index (Phi) is 5.22. The molecule has 0 saturated carbocycles. The van der Waals surface area contributed by atoms with Crippen LogP contribution >= 0.6 is 0 Å². The number of aryl methyl sites for hydroxylation is 1. The van der Waals surface area contributed by atoms with Gasteiger partial charge in [0.1, 0.15) is 11.9 Å². The minimum Gasteiger partial charge on any atom is -0.494 e. The summed E-state index contributed by atoms with van der Waals surface area (Å²) < 4.78 is 19.2. The first-order valence-corrected chi connectivity index (χ1v) is 7.73. The lowest BCUT2D eigenvalue weighted by atomic mass is 9.96. The summed E-state index contributed by atoms with van der Waals surface area (Å²) in [7, 11) is 0. The zero-order valence-electron chi connectivity index (χ0n) is 13.4. The highest BCUT2D eigenvalue weighted by Gasteiger charge is 2.31. The summed E-state index contributed by atoms with van der Waals surface area (Å²) in [6.45, 7) is 10.4. The Morgan fingerprint density at radius 1 is 1.38 bits per heavy atom. The number of β-amino-alcohol motifs (C(OH)–C–C–N with tert-alkyl or cyclic N) is 1. The predicted octanol–water partition coefficient (Wildman–Crippen LogP) is 3.03. The fourth-order valence-electron chi connectivity index (χ4n) is 2.84. The predicted molar refractivity (Wildman–Crippen MR) is 82.6 cm³/mol. The van der Waals surface area contributed by atoms with Crippen LogP contribution in [0.25, 0.3) is 0 Å². The third-order valence-electron chi connectivity index (χ3n) is 4.08. The molecule has 4 heteroatoms. The molecule has 0 radical (unpaired) electrons. The second-order valence-electron chi connectivity index (χ2n) is 6.18. The Balaban J connectivity index is 2.21. The van der Waals surface area contributed by atoms with E-state index in [1.807, 2.05) is 11.8 Å². The number of benzene rings is 1. The van der Waals surface area contributed by atoms with Gasteiger partial charge in [-0.15, -0.1) is 0 Å². The van der Waals surface area contributed by atoms with Crippen LogP contribution in [0.15, 0.2) is 12.1 Å². The summed E-state index contributed by atoms with van der Waals surface area (Å²) in [6.07, 6.45) is -1.98. The molecule has 1 aromatic rings. The minimum atomic E-state index is -1.13. The van der Waals surface area contributed by atoms with Gasteiger partial charge in [0.25, 0.3) is 0 Å². The second kappa shape index (κ2) is 6.75. The smallest absolute Gasteiger partial charge is 0.140 e. The van der Waals surface area contributed by atoms with Crippen LogP contribution in [0.4, 0.5) is 4.39 Å². The van der Waals surface area contributed by atoms with Crippen LogP contribution in [0.1, 0.15) is 43.4 Å². The number of ether oxygens (including phenoxy) is 1. The van der Waals surface area contributed by atoms with Crippen molar-refractivity contribution in [2.45, 2.75) is 52.4 Å². The Bertz CT molecular complexity index is 480. The summed E-state index contributed by atoms with van der Waals surface area (Å²) in [5.41, 5.74) is 3.53. The number of alkyl halides is 1. The average molecular weight is 295 g/mol. The Labute approximate surface area is 126 Å². The van der Waals surface area contributed by atoms with E-state index in [4.69, 9.17) is 4.74 Å². The minimum absolute atomic E-state index is 0.310. The lowest BCUT2D eigenvalue weighted by molar-refractivity contribution is 0.115. The van der Waals surface area contributed by atoms with E-state index in [1.54, 1.807) is 0 Å². The summed E-state index contributed by atoms with van der Waals surface area (Å²) in [4.78, 5) is 1.97. The van der Waals surface area contributed by atoms with Gasteiger partial charge in [-0.1, -0.05) is 19.9 Å². The molecule has 1 aromatic carbocycles. The van der Waals surface area contributed by atoms with E-state index in [1.165, 1.54) is 11.1 Å². The largest absolute Gasteiger partial charge is 0.494 e. The van der Waals surface area contributed by atoms with Gasteiger partial charge in [-0.2, -0.15) is 0 Å². The van der Waals surface area contributed by atoms with Crippen molar-refractivity contribution >= 4 is 0 Å². The molecule has 1 heterocycles. The van der Waals surface area contributed by atoms with Gasteiger partial charge in [0, 0.05) is 19.6 Å².